The average Bonchev–Trinajstić information content (AvgIpc) is 2.92. The molecule has 2 atom stereocenters. The molecule has 3 aromatic carbocycles. The van der Waals surface area contributed by atoms with Crippen LogP contribution in [-0.4, -0.2) is 17.6 Å². The first-order chi connectivity index (χ1) is 12.8. The lowest BCUT2D eigenvalue weighted by Crippen LogP contribution is -2.29. The zero-order valence-electron chi connectivity index (χ0n) is 15.2. The van der Waals surface area contributed by atoms with Crippen LogP contribution in [0.15, 0.2) is 78.9 Å². The highest BCUT2D eigenvalue weighted by atomic mass is 15.4. The zero-order chi connectivity index (χ0) is 17.5. The largest absolute Gasteiger partial charge is 0.350 e. The maximum Gasteiger partial charge on any atom is 0.0720 e. The Bertz CT molecular complexity index is 918. The van der Waals surface area contributed by atoms with Crippen LogP contribution in [0.5, 0.6) is 0 Å². The number of para-hydroxylation sites is 1. The number of rotatable bonds is 2. The number of nitrogens with zero attached hydrogens (tertiary/aromatic N) is 2. The third-order valence-corrected chi connectivity index (χ3v) is 5.99. The van der Waals surface area contributed by atoms with Crippen molar-refractivity contribution in [2.45, 2.75) is 32.0 Å². The standard InChI is InChI=1S/C24H24N2/c1-18-24-22-13-7-5-11-20(22)15-21-12-6-8-14-23(21)26(24)17-25(18)16-19-9-3-2-4-10-19/h2-14,18,24H,15-17H2,1H3. The number of fused-ring (bicyclic) bond motifs is 5. The van der Waals surface area contributed by atoms with Gasteiger partial charge in [0.15, 0.2) is 0 Å². The van der Waals surface area contributed by atoms with Crippen molar-refractivity contribution in [1.29, 1.82) is 0 Å². The molecule has 130 valence electrons. The highest BCUT2D eigenvalue weighted by Gasteiger charge is 2.41. The van der Waals surface area contributed by atoms with Gasteiger partial charge < -0.3 is 4.90 Å². The Balaban J connectivity index is 1.58. The van der Waals surface area contributed by atoms with E-state index in [2.05, 4.69) is 95.6 Å². The molecule has 26 heavy (non-hydrogen) atoms. The monoisotopic (exact) mass is 340 g/mol. The molecule has 2 unspecified atom stereocenters. The molecule has 0 N–H and O–H groups in total. The van der Waals surface area contributed by atoms with E-state index in [1.165, 1.54) is 27.9 Å². The van der Waals surface area contributed by atoms with Crippen molar-refractivity contribution >= 4 is 5.69 Å². The van der Waals surface area contributed by atoms with Crippen molar-refractivity contribution in [1.82, 2.24) is 4.90 Å². The van der Waals surface area contributed by atoms with E-state index in [1.54, 1.807) is 0 Å². The molecule has 0 spiro atoms. The number of anilines is 1. The van der Waals surface area contributed by atoms with E-state index in [1.807, 2.05) is 0 Å². The lowest BCUT2D eigenvalue weighted by Gasteiger charge is -2.28. The fourth-order valence-corrected chi connectivity index (χ4v) is 4.67. The van der Waals surface area contributed by atoms with Gasteiger partial charge in [-0.15, -0.1) is 0 Å². The summed E-state index contributed by atoms with van der Waals surface area (Å²) in [6.07, 6.45) is 1.03. The molecular formula is C24H24N2. The Kier molecular flexibility index (Phi) is 3.79. The van der Waals surface area contributed by atoms with Gasteiger partial charge in [-0.05, 0) is 41.7 Å². The van der Waals surface area contributed by atoms with Gasteiger partial charge in [0.25, 0.3) is 0 Å². The van der Waals surface area contributed by atoms with Crippen molar-refractivity contribution in [2.24, 2.45) is 0 Å². The van der Waals surface area contributed by atoms with E-state index in [4.69, 9.17) is 0 Å². The number of benzene rings is 3. The highest BCUT2D eigenvalue weighted by Crippen LogP contribution is 2.44. The Morgan fingerprint density at radius 2 is 1.50 bits per heavy atom. The Labute approximate surface area is 155 Å². The first kappa shape index (κ1) is 15.7. The van der Waals surface area contributed by atoms with E-state index in [9.17, 15) is 0 Å². The quantitative estimate of drug-likeness (QED) is 0.648. The molecular weight excluding hydrogens is 316 g/mol. The van der Waals surface area contributed by atoms with Gasteiger partial charge in [0.2, 0.25) is 0 Å². The normalized spacial score (nSPS) is 21.7. The Morgan fingerprint density at radius 3 is 2.35 bits per heavy atom. The van der Waals surface area contributed by atoms with Crippen LogP contribution in [-0.2, 0) is 13.0 Å². The fourth-order valence-electron chi connectivity index (χ4n) is 4.67. The minimum Gasteiger partial charge on any atom is -0.350 e. The summed E-state index contributed by atoms with van der Waals surface area (Å²) in [4.78, 5) is 5.23. The van der Waals surface area contributed by atoms with Gasteiger partial charge in [-0.1, -0.05) is 72.8 Å². The molecule has 2 heterocycles. The number of hydrogen-bond donors (Lipinski definition) is 0. The van der Waals surface area contributed by atoms with Crippen molar-refractivity contribution in [3.8, 4) is 0 Å². The van der Waals surface area contributed by atoms with Crippen LogP contribution >= 0.6 is 0 Å². The van der Waals surface area contributed by atoms with Crippen LogP contribution in [0.2, 0.25) is 0 Å². The topological polar surface area (TPSA) is 6.48 Å². The first-order valence-corrected chi connectivity index (χ1v) is 9.51. The van der Waals surface area contributed by atoms with Crippen LogP contribution in [0.3, 0.4) is 0 Å². The van der Waals surface area contributed by atoms with Crippen LogP contribution in [0.1, 0.15) is 35.2 Å². The van der Waals surface area contributed by atoms with Crippen LogP contribution in [0.25, 0.3) is 0 Å². The number of hydrogen-bond acceptors (Lipinski definition) is 2. The van der Waals surface area contributed by atoms with E-state index >= 15 is 0 Å². The van der Waals surface area contributed by atoms with E-state index < -0.39 is 0 Å². The van der Waals surface area contributed by atoms with Gasteiger partial charge in [0.1, 0.15) is 0 Å². The maximum atomic E-state index is 2.62. The summed E-state index contributed by atoms with van der Waals surface area (Å²) in [5, 5.41) is 0. The smallest absolute Gasteiger partial charge is 0.0720 e. The first-order valence-electron chi connectivity index (χ1n) is 9.51. The summed E-state index contributed by atoms with van der Waals surface area (Å²) < 4.78 is 0. The summed E-state index contributed by atoms with van der Waals surface area (Å²) in [5.41, 5.74) is 7.19. The van der Waals surface area contributed by atoms with Crippen LogP contribution < -0.4 is 4.90 Å². The van der Waals surface area contributed by atoms with E-state index in [0.29, 0.717) is 12.1 Å². The summed E-state index contributed by atoms with van der Waals surface area (Å²) in [6, 6.07) is 29.7. The molecule has 2 nitrogen and oxygen atoms in total. The summed E-state index contributed by atoms with van der Waals surface area (Å²) in [7, 11) is 0. The Morgan fingerprint density at radius 1 is 0.808 bits per heavy atom. The molecule has 0 aliphatic carbocycles. The second kappa shape index (κ2) is 6.30. The van der Waals surface area contributed by atoms with Gasteiger partial charge in [0, 0.05) is 18.3 Å². The van der Waals surface area contributed by atoms with Crippen molar-refractivity contribution in [3.05, 3.63) is 101 Å². The van der Waals surface area contributed by atoms with Gasteiger partial charge in [-0.25, -0.2) is 0 Å². The summed E-state index contributed by atoms with van der Waals surface area (Å²) in [5.74, 6) is 0. The second-order valence-electron chi connectivity index (χ2n) is 7.53. The molecule has 0 radical (unpaired) electrons. The highest BCUT2D eigenvalue weighted by molar-refractivity contribution is 5.61. The zero-order valence-corrected chi connectivity index (χ0v) is 15.2. The predicted octanol–water partition coefficient (Wildman–Crippen LogP) is 5.00. The molecule has 2 aliphatic heterocycles. The van der Waals surface area contributed by atoms with Crippen molar-refractivity contribution in [3.63, 3.8) is 0 Å². The van der Waals surface area contributed by atoms with Crippen LogP contribution in [0.4, 0.5) is 5.69 Å². The molecule has 1 fully saturated rings. The van der Waals surface area contributed by atoms with Gasteiger partial charge >= 0.3 is 0 Å². The second-order valence-corrected chi connectivity index (χ2v) is 7.53. The molecule has 0 aromatic heterocycles. The predicted molar refractivity (Wildman–Crippen MR) is 107 cm³/mol. The van der Waals surface area contributed by atoms with Crippen molar-refractivity contribution in [2.75, 3.05) is 11.6 Å². The molecule has 2 heteroatoms. The van der Waals surface area contributed by atoms with Crippen LogP contribution in [0, 0.1) is 0 Å². The molecule has 0 amide bonds. The molecule has 5 rings (SSSR count). The summed E-state index contributed by atoms with van der Waals surface area (Å²) >= 11 is 0. The summed E-state index contributed by atoms with van der Waals surface area (Å²) in [6.45, 7) is 4.36. The van der Waals surface area contributed by atoms with Crippen molar-refractivity contribution < 1.29 is 0 Å². The lowest BCUT2D eigenvalue weighted by atomic mass is 9.94. The molecule has 0 bridgehead atoms. The minimum absolute atomic E-state index is 0.415. The van der Waals surface area contributed by atoms with Gasteiger partial charge in [-0.2, -0.15) is 0 Å². The third kappa shape index (κ3) is 2.53. The molecule has 2 aliphatic rings. The SMILES string of the molecule is CC1C2c3ccccc3Cc3ccccc3N2CN1Cc1ccccc1. The minimum atomic E-state index is 0.415. The molecule has 0 saturated carbocycles. The molecule has 3 aromatic rings. The third-order valence-electron chi connectivity index (χ3n) is 5.99. The van der Waals surface area contributed by atoms with E-state index in [0.717, 1.165) is 19.6 Å². The maximum absolute atomic E-state index is 2.62. The fraction of sp³-hybridized carbons (Fsp3) is 0.250. The molecule has 1 saturated heterocycles. The average molecular weight is 340 g/mol. The lowest BCUT2D eigenvalue weighted by molar-refractivity contribution is 0.251. The van der Waals surface area contributed by atoms with Gasteiger partial charge in [0.05, 0.1) is 12.7 Å². The Hall–Kier alpha value is -2.58. The van der Waals surface area contributed by atoms with E-state index in [-0.39, 0.29) is 0 Å². The van der Waals surface area contributed by atoms with Gasteiger partial charge in [-0.3, -0.25) is 4.90 Å².